The van der Waals surface area contributed by atoms with Gasteiger partial charge in [-0.15, -0.1) is 24.8 Å². The summed E-state index contributed by atoms with van der Waals surface area (Å²) >= 11 is 0. The number of morpholine rings is 1. The van der Waals surface area contributed by atoms with Gasteiger partial charge in [-0.25, -0.2) is 4.98 Å². The zero-order valence-corrected chi connectivity index (χ0v) is 20.7. The van der Waals surface area contributed by atoms with Gasteiger partial charge in [0.2, 0.25) is 0 Å². The molecule has 11 heteroatoms. The molecule has 4 aromatic rings. The molecular weight excluding hydrogens is 514 g/mol. The summed E-state index contributed by atoms with van der Waals surface area (Å²) in [5.74, 6) is 0.728. The fourth-order valence-electron chi connectivity index (χ4n) is 4.31. The van der Waals surface area contributed by atoms with Crippen molar-refractivity contribution in [3.63, 3.8) is 0 Å². The van der Waals surface area contributed by atoms with E-state index in [1.807, 2.05) is 34.7 Å². The van der Waals surface area contributed by atoms with E-state index in [1.165, 1.54) is 12.1 Å². The van der Waals surface area contributed by atoms with E-state index < -0.39 is 11.7 Å². The average Bonchev–Trinajstić information content (AvgIpc) is 3.24. The molecule has 1 aliphatic rings. The molecular formula is C25H24Cl2F3N5O. The molecule has 1 aliphatic heterocycles. The van der Waals surface area contributed by atoms with Crippen molar-refractivity contribution in [2.75, 3.05) is 44.7 Å². The standard InChI is InChI=1S/C25H22F3N5O.2ClH/c26-25(27,28)18-7-5-17(6-8-18)19-15-23(30-9-10-32-11-13-34-14-12-32)33-22-4-2-1-3-21(22)31-24(33)20(19)16-29;;/h1-8,15,30H,9-14H2;2*1H. The Bertz CT molecular complexity index is 1380. The second kappa shape index (κ2) is 11.4. The highest BCUT2D eigenvalue weighted by Gasteiger charge is 2.30. The summed E-state index contributed by atoms with van der Waals surface area (Å²) in [6, 6.07) is 16.5. The smallest absolute Gasteiger partial charge is 0.379 e. The molecule has 5 rings (SSSR count). The van der Waals surface area contributed by atoms with Crippen molar-refractivity contribution in [1.29, 1.82) is 5.26 Å². The first-order chi connectivity index (χ1) is 16.5. The highest BCUT2D eigenvalue weighted by molar-refractivity contribution is 5.89. The molecule has 3 heterocycles. The highest BCUT2D eigenvalue weighted by Crippen LogP contribution is 2.35. The predicted molar refractivity (Wildman–Crippen MR) is 138 cm³/mol. The van der Waals surface area contributed by atoms with Gasteiger partial charge in [-0.2, -0.15) is 18.4 Å². The first-order valence-corrected chi connectivity index (χ1v) is 11.0. The fourth-order valence-corrected chi connectivity index (χ4v) is 4.31. The second-order valence-electron chi connectivity index (χ2n) is 8.15. The summed E-state index contributed by atoms with van der Waals surface area (Å²) < 4.78 is 46.5. The quantitative estimate of drug-likeness (QED) is 0.357. The Morgan fingerprint density at radius 1 is 1.03 bits per heavy atom. The van der Waals surface area contributed by atoms with E-state index in [-0.39, 0.29) is 24.8 Å². The number of hydrogen-bond donors (Lipinski definition) is 1. The van der Waals surface area contributed by atoms with Crippen molar-refractivity contribution in [2.24, 2.45) is 0 Å². The molecule has 36 heavy (non-hydrogen) atoms. The maximum Gasteiger partial charge on any atom is 0.416 e. The molecule has 2 aromatic carbocycles. The summed E-state index contributed by atoms with van der Waals surface area (Å²) in [7, 11) is 0. The van der Waals surface area contributed by atoms with Gasteiger partial charge >= 0.3 is 6.18 Å². The second-order valence-corrected chi connectivity index (χ2v) is 8.15. The van der Waals surface area contributed by atoms with Crippen LogP contribution < -0.4 is 5.32 Å². The van der Waals surface area contributed by atoms with Gasteiger partial charge in [0, 0.05) is 31.7 Å². The lowest BCUT2D eigenvalue weighted by atomic mass is 10.00. The lowest BCUT2D eigenvalue weighted by Crippen LogP contribution is -2.39. The molecule has 0 aliphatic carbocycles. The van der Waals surface area contributed by atoms with Crippen molar-refractivity contribution >= 4 is 47.3 Å². The molecule has 2 aromatic heterocycles. The van der Waals surface area contributed by atoms with Crippen LogP contribution >= 0.6 is 24.8 Å². The zero-order chi connectivity index (χ0) is 23.7. The largest absolute Gasteiger partial charge is 0.416 e. The number of aromatic nitrogens is 2. The molecule has 190 valence electrons. The van der Waals surface area contributed by atoms with Gasteiger partial charge in [0.1, 0.15) is 17.5 Å². The number of fused-ring (bicyclic) bond motifs is 3. The number of rotatable bonds is 5. The molecule has 0 radical (unpaired) electrons. The summed E-state index contributed by atoms with van der Waals surface area (Å²) in [4.78, 5) is 6.99. The van der Waals surface area contributed by atoms with Crippen molar-refractivity contribution < 1.29 is 17.9 Å². The van der Waals surface area contributed by atoms with Gasteiger partial charge in [0.05, 0.1) is 29.8 Å². The monoisotopic (exact) mass is 537 g/mol. The Labute approximate surface area is 218 Å². The van der Waals surface area contributed by atoms with E-state index in [9.17, 15) is 18.4 Å². The number of pyridine rings is 1. The third kappa shape index (κ3) is 5.37. The van der Waals surface area contributed by atoms with Gasteiger partial charge in [-0.3, -0.25) is 9.30 Å². The minimum Gasteiger partial charge on any atom is -0.379 e. The van der Waals surface area contributed by atoms with Gasteiger partial charge < -0.3 is 10.1 Å². The lowest BCUT2D eigenvalue weighted by Gasteiger charge is -2.26. The summed E-state index contributed by atoms with van der Waals surface area (Å²) in [5, 5.41) is 13.5. The number of benzene rings is 2. The number of hydrogen-bond acceptors (Lipinski definition) is 5. The number of halogens is 5. The van der Waals surface area contributed by atoms with E-state index in [4.69, 9.17) is 4.74 Å². The maximum atomic E-state index is 13.1. The van der Waals surface area contributed by atoms with Crippen LogP contribution in [0.4, 0.5) is 19.0 Å². The van der Waals surface area contributed by atoms with Crippen LogP contribution in [0.25, 0.3) is 27.8 Å². The topological polar surface area (TPSA) is 65.6 Å². The molecule has 0 saturated carbocycles. The SMILES string of the molecule is Cl.Cl.N#Cc1c(-c2ccc(C(F)(F)F)cc2)cc(NCCN2CCOCC2)n2c1nc1ccccc12. The minimum absolute atomic E-state index is 0. The molecule has 0 bridgehead atoms. The van der Waals surface area contributed by atoms with Crippen LogP contribution in [0.3, 0.4) is 0 Å². The molecule has 0 amide bonds. The first-order valence-electron chi connectivity index (χ1n) is 11.0. The van der Waals surface area contributed by atoms with Gasteiger partial charge in [0.15, 0.2) is 5.65 Å². The normalized spacial score (nSPS) is 14.2. The van der Waals surface area contributed by atoms with Crippen LogP contribution in [-0.4, -0.2) is 53.7 Å². The van der Waals surface area contributed by atoms with E-state index >= 15 is 0 Å². The van der Waals surface area contributed by atoms with Crippen LogP contribution in [0, 0.1) is 11.3 Å². The Morgan fingerprint density at radius 3 is 2.39 bits per heavy atom. The van der Waals surface area contributed by atoms with Crippen LogP contribution in [0.1, 0.15) is 11.1 Å². The van der Waals surface area contributed by atoms with E-state index in [1.54, 1.807) is 0 Å². The molecule has 1 fully saturated rings. The average molecular weight is 538 g/mol. The number of imidazole rings is 1. The first kappa shape index (κ1) is 27.6. The number of anilines is 1. The number of alkyl halides is 3. The summed E-state index contributed by atoms with van der Waals surface area (Å²) in [5.41, 5.74) is 2.70. The lowest BCUT2D eigenvalue weighted by molar-refractivity contribution is -0.137. The molecule has 6 nitrogen and oxygen atoms in total. The van der Waals surface area contributed by atoms with Crippen molar-refractivity contribution in [1.82, 2.24) is 14.3 Å². The number of nitrogens with one attached hydrogen (secondary N) is 1. The van der Waals surface area contributed by atoms with Crippen molar-refractivity contribution in [3.8, 4) is 17.2 Å². The number of para-hydroxylation sites is 2. The van der Waals surface area contributed by atoms with E-state index in [0.29, 0.717) is 42.1 Å². The minimum atomic E-state index is -4.42. The Balaban J connectivity index is 0.00000180. The van der Waals surface area contributed by atoms with Gasteiger partial charge in [0.25, 0.3) is 0 Å². The van der Waals surface area contributed by atoms with Crippen LogP contribution in [0.15, 0.2) is 54.6 Å². The fraction of sp³-hybridized carbons (Fsp3) is 0.280. The number of nitrogens with zero attached hydrogens (tertiary/aromatic N) is 4. The van der Waals surface area contributed by atoms with E-state index in [2.05, 4.69) is 21.3 Å². The van der Waals surface area contributed by atoms with Crippen LogP contribution in [0.5, 0.6) is 0 Å². The van der Waals surface area contributed by atoms with Crippen LogP contribution in [0.2, 0.25) is 0 Å². The number of nitriles is 1. The van der Waals surface area contributed by atoms with E-state index in [0.717, 1.165) is 48.6 Å². The number of ether oxygens (including phenoxy) is 1. The Kier molecular flexibility index (Phi) is 8.69. The molecule has 0 atom stereocenters. The van der Waals surface area contributed by atoms with Gasteiger partial charge in [-0.1, -0.05) is 24.3 Å². The molecule has 0 unspecified atom stereocenters. The summed E-state index contributed by atoms with van der Waals surface area (Å²) in [6.07, 6.45) is -4.42. The van der Waals surface area contributed by atoms with Crippen LogP contribution in [-0.2, 0) is 10.9 Å². The van der Waals surface area contributed by atoms with Crippen molar-refractivity contribution in [3.05, 3.63) is 65.7 Å². The van der Waals surface area contributed by atoms with Gasteiger partial charge in [-0.05, 0) is 35.9 Å². The predicted octanol–water partition coefficient (Wildman–Crippen LogP) is 5.63. The zero-order valence-electron chi connectivity index (χ0n) is 19.1. The highest BCUT2D eigenvalue weighted by atomic mass is 35.5. The molecule has 1 saturated heterocycles. The van der Waals surface area contributed by atoms with Crippen molar-refractivity contribution in [2.45, 2.75) is 6.18 Å². The Morgan fingerprint density at radius 2 is 1.72 bits per heavy atom. The Hall–Kier alpha value is -3.03. The molecule has 0 spiro atoms. The third-order valence-electron chi connectivity index (χ3n) is 6.05. The molecule has 1 N–H and O–H groups in total. The maximum absolute atomic E-state index is 13.1. The third-order valence-corrected chi connectivity index (χ3v) is 6.05. The summed E-state index contributed by atoms with van der Waals surface area (Å²) in [6.45, 7) is 4.63.